The summed E-state index contributed by atoms with van der Waals surface area (Å²) in [6, 6.07) is 7.17. The molecule has 100 valence electrons. The summed E-state index contributed by atoms with van der Waals surface area (Å²) >= 11 is 0. The van der Waals surface area contributed by atoms with Gasteiger partial charge in [-0.15, -0.1) is 0 Å². The Kier molecular flexibility index (Phi) is 4.05. The van der Waals surface area contributed by atoms with Gasteiger partial charge in [-0.1, -0.05) is 36.9 Å². The van der Waals surface area contributed by atoms with E-state index in [-0.39, 0.29) is 0 Å². The summed E-state index contributed by atoms with van der Waals surface area (Å²) in [4.78, 5) is 0.373. The maximum Gasteiger partial charge on any atom is 0.175 e. The maximum atomic E-state index is 11.4. The van der Waals surface area contributed by atoms with Gasteiger partial charge in [0.1, 0.15) is 0 Å². The van der Waals surface area contributed by atoms with Gasteiger partial charge >= 0.3 is 0 Å². The first-order valence-electron chi connectivity index (χ1n) is 6.34. The zero-order valence-corrected chi connectivity index (χ0v) is 11.9. The van der Waals surface area contributed by atoms with Crippen molar-refractivity contribution in [1.29, 1.82) is 0 Å². The predicted octanol–water partition coefficient (Wildman–Crippen LogP) is 3.77. The van der Waals surface area contributed by atoms with Crippen molar-refractivity contribution in [2.75, 3.05) is 6.26 Å². The molecule has 0 N–H and O–H groups in total. The Hall–Kier alpha value is -1.61. The Morgan fingerprint density at radius 1 is 1.16 bits per heavy atom. The Bertz CT molecular complexity index is 632. The first kappa shape index (κ1) is 13.8. The lowest BCUT2D eigenvalue weighted by molar-refractivity contribution is 0.602. The molecule has 2 rings (SSSR count). The summed E-state index contributed by atoms with van der Waals surface area (Å²) in [5.41, 5.74) is 3.76. The lowest BCUT2D eigenvalue weighted by atomic mass is 10.0. The monoisotopic (exact) mass is 274 g/mol. The number of rotatable bonds is 4. The van der Waals surface area contributed by atoms with Gasteiger partial charge in [0, 0.05) is 6.26 Å². The Morgan fingerprint density at radius 3 is 2.42 bits per heavy atom. The third-order valence-electron chi connectivity index (χ3n) is 3.32. The molecular weight excluding hydrogens is 256 g/mol. The number of sulfone groups is 1. The first-order valence-corrected chi connectivity index (χ1v) is 8.23. The van der Waals surface area contributed by atoms with Gasteiger partial charge in [-0.05, 0) is 48.1 Å². The molecule has 0 spiro atoms. The molecule has 1 aliphatic rings. The van der Waals surface area contributed by atoms with Crippen LogP contribution in [0, 0.1) is 0 Å². The van der Waals surface area contributed by atoms with Crippen LogP contribution < -0.4 is 0 Å². The third kappa shape index (κ3) is 3.24. The topological polar surface area (TPSA) is 34.1 Å². The molecule has 1 aliphatic carbocycles. The van der Waals surface area contributed by atoms with Gasteiger partial charge in [0.05, 0.1) is 4.90 Å². The van der Waals surface area contributed by atoms with Crippen LogP contribution >= 0.6 is 0 Å². The summed E-state index contributed by atoms with van der Waals surface area (Å²) in [6.45, 7) is 3.68. The lowest BCUT2D eigenvalue weighted by Gasteiger charge is -2.06. The van der Waals surface area contributed by atoms with Crippen LogP contribution in [0.5, 0.6) is 0 Å². The normalized spacial score (nSPS) is 16.3. The predicted molar refractivity (Wildman–Crippen MR) is 79.7 cm³/mol. The van der Waals surface area contributed by atoms with Gasteiger partial charge in [0.2, 0.25) is 0 Å². The molecule has 0 bridgehead atoms. The molecule has 19 heavy (non-hydrogen) atoms. The van der Waals surface area contributed by atoms with Crippen LogP contribution in [0.25, 0.3) is 5.57 Å². The smallest absolute Gasteiger partial charge is 0.175 e. The number of benzene rings is 1. The fraction of sp³-hybridized carbons (Fsp3) is 0.250. The zero-order valence-electron chi connectivity index (χ0n) is 11.1. The molecule has 2 nitrogen and oxygen atoms in total. The summed E-state index contributed by atoms with van der Waals surface area (Å²) in [5.74, 6) is 0. The van der Waals surface area contributed by atoms with Crippen molar-refractivity contribution in [3.05, 3.63) is 60.2 Å². The first-order chi connectivity index (χ1) is 9.02. The Morgan fingerprint density at radius 2 is 1.84 bits per heavy atom. The van der Waals surface area contributed by atoms with Gasteiger partial charge in [0.15, 0.2) is 9.84 Å². The molecule has 0 saturated carbocycles. The highest BCUT2D eigenvalue weighted by atomic mass is 32.2. The van der Waals surface area contributed by atoms with E-state index in [4.69, 9.17) is 0 Å². The van der Waals surface area contributed by atoms with Crippen molar-refractivity contribution in [2.24, 2.45) is 0 Å². The molecule has 3 heteroatoms. The van der Waals surface area contributed by atoms with Crippen molar-refractivity contribution in [1.82, 2.24) is 0 Å². The number of hydrogen-bond donors (Lipinski definition) is 0. The van der Waals surface area contributed by atoms with Crippen molar-refractivity contribution < 1.29 is 8.42 Å². The van der Waals surface area contributed by atoms with Crippen LogP contribution in [0.1, 0.15) is 24.8 Å². The van der Waals surface area contributed by atoms with Crippen molar-refractivity contribution in [3.63, 3.8) is 0 Å². The van der Waals surface area contributed by atoms with Crippen molar-refractivity contribution >= 4 is 15.4 Å². The van der Waals surface area contributed by atoms with E-state index in [0.717, 1.165) is 24.8 Å². The minimum absolute atomic E-state index is 0.373. The van der Waals surface area contributed by atoms with Gasteiger partial charge in [-0.2, -0.15) is 0 Å². The highest BCUT2D eigenvalue weighted by Gasteiger charge is 2.15. The molecule has 0 aliphatic heterocycles. The fourth-order valence-corrected chi connectivity index (χ4v) is 3.00. The van der Waals surface area contributed by atoms with Crippen LogP contribution in [0.2, 0.25) is 0 Å². The Balaban J connectivity index is 2.36. The highest BCUT2D eigenvalue weighted by molar-refractivity contribution is 7.90. The van der Waals surface area contributed by atoms with E-state index in [0.29, 0.717) is 4.90 Å². The van der Waals surface area contributed by atoms with E-state index in [1.165, 1.54) is 17.4 Å². The zero-order chi connectivity index (χ0) is 13.9. The van der Waals surface area contributed by atoms with Crippen LogP contribution in [0.4, 0.5) is 0 Å². The molecule has 1 aromatic carbocycles. The molecule has 0 atom stereocenters. The van der Waals surface area contributed by atoms with E-state index in [9.17, 15) is 8.42 Å². The van der Waals surface area contributed by atoms with Gasteiger partial charge in [0.25, 0.3) is 0 Å². The molecule has 0 radical (unpaired) electrons. The number of hydrogen-bond acceptors (Lipinski definition) is 2. The maximum absolute atomic E-state index is 11.4. The standard InChI is InChI=1S/C16H18O2S/c1-3-4-6-13-7-5-8-16(13)14-9-11-15(12-10-14)19(2,17)18/h3-4,6,9-12H,1,5,7-8H2,2H3/b6-4+. The fourth-order valence-electron chi connectivity index (χ4n) is 2.37. The number of allylic oxidation sites excluding steroid dienone is 5. The molecule has 0 heterocycles. The van der Waals surface area contributed by atoms with Gasteiger partial charge in [-0.25, -0.2) is 8.42 Å². The molecule has 0 amide bonds. The summed E-state index contributed by atoms with van der Waals surface area (Å²) < 4.78 is 22.9. The van der Waals surface area contributed by atoms with Crippen LogP contribution in [-0.2, 0) is 9.84 Å². The second-order valence-electron chi connectivity index (χ2n) is 4.75. The molecule has 0 aromatic heterocycles. The van der Waals surface area contributed by atoms with Crippen molar-refractivity contribution in [2.45, 2.75) is 24.2 Å². The van der Waals surface area contributed by atoms with Crippen LogP contribution in [-0.4, -0.2) is 14.7 Å². The van der Waals surface area contributed by atoms with Gasteiger partial charge in [-0.3, -0.25) is 0 Å². The highest BCUT2D eigenvalue weighted by Crippen LogP contribution is 2.34. The average Bonchev–Trinajstić information content (AvgIpc) is 2.83. The van der Waals surface area contributed by atoms with E-state index >= 15 is 0 Å². The SMILES string of the molecule is C=C/C=C/C1=C(c2ccc(S(C)(=O)=O)cc2)CCC1. The van der Waals surface area contributed by atoms with Gasteiger partial charge < -0.3 is 0 Å². The van der Waals surface area contributed by atoms with E-state index in [1.54, 1.807) is 18.2 Å². The molecule has 1 aromatic rings. The summed E-state index contributed by atoms with van der Waals surface area (Å²) in [6.07, 6.45) is 10.3. The largest absolute Gasteiger partial charge is 0.224 e. The average molecular weight is 274 g/mol. The molecule has 0 unspecified atom stereocenters. The van der Waals surface area contributed by atoms with Crippen LogP contribution in [0.3, 0.4) is 0 Å². The lowest BCUT2D eigenvalue weighted by Crippen LogP contribution is -1.96. The van der Waals surface area contributed by atoms with E-state index in [2.05, 4.69) is 12.7 Å². The minimum Gasteiger partial charge on any atom is -0.224 e. The Labute approximate surface area is 115 Å². The van der Waals surface area contributed by atoms with E-state index < -0.39 is 9.84 Å². The summed E-state index contributed by atoms with van der Waals surface area (Å²) in [7, 11) is -3.11. The second-order valence-corrected chi connectivity index (χ2v) is 6.76. The molecular formula is C16H18O2S. The summed E-state index contributed by atoms with van der Waals surface area (Å²) in [5, 5.41) is 0. The molecule has 0 saturated heterocycles. The molecule has 0 fully saturated rings. The van der Waals surface area contributed by atoms with Crippen molar-refractivity contribution in [3.8, 4) is 0 Å². The quantitative estimate of drug-likeness (QED) is 0.783. The van der Waals surface area contributed by atoms with Crippen LogP contribution in [0.15, 0.2) is 59.5 Å². The second kappa shape index (κ2) is 5.57. The van der Waals surface area contributed by atoms with E-state index in [1.807, 2.05) is 18.2 Å². The minimum atomic E-state index is -3.11. The third-order valence-corrected chi connectivity index (χ3v) is 4.45.